The number of nitrogens with zero attached hydrogens (tertiary/aromatic N) is 1. The van der Waals surface area contributed by atoms with Crippen LogP contribution in [0.5, 0.6) is 0 Å². The van der Waals surface area contributed by atoms with Crippen LogP contribution in [0.15, 0.2) is 27.6 Å². The predicted octanol–water partition coefficient (Wildman–Crippen LogP) is 2.75. The van der Waals surface area contributed by atoms with Gasteiger partial charge in [-0.2, -0.15) is 4.31 Å². The molecule has 2 fully saturated rings. The molecule has 2 saturated heterocycles. The molecule has 2 aliphatic heterocycles. The molecule has 2 N–H and O–H groups in total. The summed E-state index contributed by atoms with van der Waals surface area (Å²) in [7, 11) is -3.54. The van der Waals surface area contributed by atoms with Crippen molar-refractivity contribution in [2.45, 2.75) is 48.7 Å². The van der Waals surface area contributed by atoms with Gasteiger partial charge in [0.2, 0.25) is 10.0 Å². The van der Waals surface area contributed by atoms with E-state index in [1.165, 1.54) is 0 Å². The lowest BCUT2D eigenvalue weighted by atomic mass is 10.0. The van der Waals surface area contributed by atoms with Crippen molar-refractivity contribution in [1.82, 2.24) is 4.31 Å². The first-order valence-corrected chi connectivity index (χ1v) is 9.25. The lowest BCUT2D eigenvalue weighted by Crippen LogP contribution is -2.50. The number of nitrogens with two attached hydrogens (primary N) is 1. The molecule has 2 atom stereocenters. The molecule has 3 rings (SSSR count). The Hall–Kier alpha value is -0.140. The second-order valence-corrected chi connectivity index (χ2v) is 8.66. The highest BCUT2D eigenvalue weighted by atomic mass is 79.9. The summed E-state index contributed by atoms with van der Waals surface area (Å²) in [6, 6.07) is 5.04. The standard InChI is InChI=1S/C13H16BrClN2O2S/c14-8-1-4-13(12(15)5-8)20(18,19)17-10-2-3-11(17)7-9(16)6-10/h1,4-5,9-11H,2-3,6-7,16H2. The first-order chi connectivity index (χ1) is 9.39. The van der Waals surface area contributed by atoms with Crippen molar-refractivity contribution >= 4 is 37.6 Å². The van der Waals surface area contributed by atoms with Crippen molar-refractivity contribution in [3.63, 3.8) is 0 Å². The molecular formula is C13H16BrClN2O2S. The van der Waals surface area contributed by atoms with Crippen LogP contribution in [0, 0.1) is 0 Å². The van der Waals surface area contributed by atoms with Crippen molar-refractivity contribution in [1.29, 1.82) is 0 Å². The average Bonchev–Trinajstić information content (AvgIpc) is 2.62. The Morgan fingerprint density at radius 3 is 2.40 bits per heavy atom. The molecule has 0 amide bonds. The van der Waals surface area contributed by atoms with Crippen molar-refractivity contribution < 1.29 is 8.42 Å². The molecule has 1 aromatic carbocycles. The number of rotatable bonds is 2. The number of hydrogen-bond acceptors (Lipinski definition) is 3. The lowest BCUT2D eigenvalue weighted by molar-refractivity contribution is 0.227. The molecule has 7 heteroatoms. The summed E-state index contributed by atoms with van der Waals surface area (Å²) in [4.78, 5) is 0.190. The Labute approximate surface area is 132 Å². The van der Waals surface area contributed by atoms with E-state index in [9.17, 15) is 8.42 Å². The fraction of sp³-hybridized carbons (Fsp3) is 0.538. The lowest BCUT2D eigenvalue weighted by Gasteiger charge is -2.36. The van der Waals surface area contributed by atoms with Gasteiger partial charge in [-0.25, -0.2) is 8.42 Å². The molecule has 1 aromatic rings. The highest BCUT2D eigenvalue weighted by Crippen LogP contribution is 2.40. The maximum atomic E-state index is 12.9. The second-order valence-electron chi connectivity index (χ2n) is 5.53. The fourth-order valence-electron chi connectivity index (χ4n) is 3.37. The van der Waals surface area contributed by atoms with Gasteiger partial charge in [0.05, 0.1) is 5.02 Å². The van der Waals surface area contributed by atoms with Gasteiger partial charge < -0.3 is 5.73 Å². The van der Waals surface area contributed by atoms with Crippen LogP contribution in [0.4, 0.5) is 0 Å². The third-order valence-corrected chi connectivity index (χ3v) is 7.13. The third kappa shape index (κ3) is 2.41. The monoisotopic (exact) mass is 378 g/mol. The quantitative estimate of drug-likeness (QED) is 0.859. The number of piperidine rings is 1. The summed E-state index contributed by atoms with van der Waals surface area (Å²) in [6.45, 7) is 0. The van der Waals surface area contributed by atoms with E-state index in [0.717, 1.165) is 30.2 Å². The Morgan fingerprint density at radius 1 is 1.25 bits per heavy atom. The van der Waals surface area contributed by atoms with Crippen LogP contribution in [0.2, 0.25) is 5.02 Å². The largest absolute Gasteiger partial charge is 0.328 e. The van der Waals surface area contributed by atoms with Crippen molar-refractivity contribution in [2.75, 3.05) is 0 Å². The van der Waals surface area contributed by atoms with Crippen LogP contribution >= 0.6 is 27.5 Å². The normalized spacial score (nSPS) is 30.6. The summed E-state index contributed by atoms with van der Waals surface area (Å²) >= 11 is 9.41. The topological polar surface area (TPSA) is 63.4 Å². The molecule has 0 radical (unpaired) electrons. The van der Waals surface area contributed by atoms with E-state index in [2.05, 4.69) is 15.9 Å². The van der Waals surface area contributed by atoms with Gasteiger partial charge >= 0.3 is 0 Å². The van der Waals surface area contributed by atoms with E-state index in [4.69, 9.17) is 17.3 Å². The number of fused-ring (bicyclic) bond motifs is 2. The SMILES string of the molecule is NC1CC2CCC(C1)N2S(=O)(=O)c1ccc(Br)cc1Cl. The number of hydrogen-bond donors (Lipinski definition) is 1. The van der Waals surface area contributed by atoms with Gasteiger partial charge in [-0.15, -0.1) is 0 Å². The average molecular weight is 380 g/mol. The fourth-order valence-corrected chi connectivity index (χ4v) is 6.27. The number of benzene rings is 1. The van der Waals surface area contributed by atoms with Crippen molar-refractivity contribution in [2.24, 2.45) is 5.73 Å². The highest BCUT2D eigenvalue weighted by molar-refractivity contribution is 9.10. The molecule has 0 saturated carbocycles. The second kappa shape index (κ2) is 5.25. The smallest absolute Gasteiger partial charge is 0.245 e. The summed E-state index contributed by atoms with van der Waals surface area (Å²) in [5, 5.41) is 0.258. The Kier molecular flexibility index (Phi) is 3.88. The minimum absolute atomic E-state index is 0.0217. The summed E-state index contributed by atoms with van der Waals surface area (Å²) in [6.07, 6.45) is 3.27. The molecule has 0 spiro atoms. The molecule has 20 heavy (non-hydrogen) atoms. The van der Waals surface area contributed by atoms with E-state index >= 15 is 0 Å². The van der Waals surface area contributed by atoms with Gasteiger partial charge in [0.1, 0.15) is 4.90 Å². The molecule has 0 aromatic heterocycles. The molecule has 4 nitrogen and oxygen atoms in total. The van der Waals surface area contributed by atoms with Crippen LogP contribution in [0.1, 0.15) is 25.7 Å². The first kappa shape index (κ1) is 14.8. The first-order valence-electron chi connectivity index (χ1n) is 6.64. The van der Waals surface area contributed by atoms with E-state index in [1.54, 1.807) is 22.5 Å². The van der Waals surface area contributed by atoms with Gasteiger partial charge in [-0.3, -0.25) is 0 Å². The molecule has 2 unspecified atom stereocenters. The van der Waals surface area contributed by atoms with Crippen LogP contribution < -0.4 is 5.73 Å². The summed E-state index contributed by atoms with van der Waals surface area (Å²) in [5.41, 5.74) is 6.00. The van der Waals surface area contributed by atoms with Crippen LogP contribution in [0.3, 0.4) is 0 Å². The zero-order valence-electron chi connectivity index (χ0n) is 10.8. The number of halogens is 2. The molecule has 2 heterocycles. The molecule has 0 aliphatic carbocycles. The molecule has 2 bridgehead atoms. The maximum absolute atomic E-state index is 12.9. The van der Waals surface area contributed by atoms with Crippen LogP contribution in [-0.2, 0) is 10.0 Å². The zero-order valence-corrected chi connectivity index (χ0v) is 14.0. The molecule has 110 valence electrons. The molecule has 2 aliphatic rings. The molecular weight excluding hydrogens is 364 g/mol. The van der Waals surface area contributed by atoms with E-state index in [0.29, 0.717) is 0 Å². The Bertz CT molecular complexity index is 623. The van der Waals surface area contributed by atoms with E-state index < -0.39 is 10.0 Å². The third-order valence-electron chi connectivity index (χ3n) is 4.15. The minimum atomic E-state index is -3.54. The van der Waals surface area contributed by atoms with Gasteiger partial charge in [0.25, 0.3) is 0 Å². The Morgan fingerprint density at radius 2 is 1.85 bits per heavy atom. The maximum Gasteiger partial charge on any atom is 0.245 e. The highest BCUT2D eigenvalue weighted by Gasteiger charge is 2.46. The van der Waals surface area contributed by atoms with E-state index in [-0.39, 0.29) is 28.0 Å². The van der Waals surface area contributed by atoms with Crippen LogP contribution in [0.25, 0.3) is 0 Å². The van der Waals surface area contributed by atoms with Gasteiger partial charge in [-0.1, -0.05) is 27.5 Å². The van der Waals surface area contributed by atoms with Gasteiger partial charge in [0.15, 0.2) is 0 Å². The van der Waals surface area contributed by atoms with Gasteiger partial charge in [0, 0.05) is 22.6 Å². The number of sulfonamides is 1. The van der Waals surface area contributed by atoms with Gasteiger partial charge in [-0.05, 0) is 43.9 Å². The minimum Gasteiger partial charge on any atom is -0.328 e. The summed E-state index contributed by atoms with van der Waals surface area (Å²) in [5.74, 6) is 0. The zero-order chi connectivity index (χ0) is 14.5. The predicted molar refractivity (Wildman–Crippen MR) is 82.2 cm³/mol. The van der Waals surface area contributed by atoms with Crippen molar-refractivity contribution in [3.05, 3.63) is 27.7 Å². The van der Waals surface area contributed by atoms with Crippen LogP contribution in [-0.4, -0.2) is 30.8 Å². The summed E-state index contributed by atoms with van der Waals surface area (Å²) < 4.78 is 28.2. The van der Waals surface area contributed by atoms with Crippen molar-refractivity contribution in [3.8, 4) is 0 Å². The Balaban J connectivity index is 2.01. The van der Waals surface area contributed by atoms with E-state index in [1.807, 2.05) is 0 Å².